The highest BCUT2D eigenvalue weighted by Crippen LogP contribution is 2.61. The Bertz CT molecular complexity index is 1030. The zero-order valence-electron chi connectivity index (χ0n) is 20.9. The first-order chi connectivity index (χ1) is 16.4. The van der Waals surface area contributed by atoms with E-state index in [9.17, 15) is 0 Å². The molecule has 0 aromatic heterocycles. The quantitative estimate of drug-likeness (QED) is 0.170. The van der Waals surface area contributed by atoms with Crippen LogP contribution in [0.5, 0.6) is 0 Å². The van der Waals surface area contributed by atoms with Gasteiger partial charge in [0.05, 0.1) is 0 Å². The summed E-state index contributed by atoms with van der Waals surface area (Å²) in [6.45, 7) is 10.5. The van der Waals surface area contributed by atoms with Crippen LogP contribution >= 0.6 is 15.9 Å². The lowest BCUT2D eigenvalue weighted by Crippen LogP contribution is -2.16. The van der Waals surface area contributed by atoms with Crippen molar-refractivity contribution < 1.29 is 0 Å². The Morgan fingerprint density at radius 1 is 1.21 bits per heavy atom. The first-order valence-corrected chi connectivity index (χ1v) is 13.2. The van der Waals surface area contributed by atoms with Gasteiger partial charge in [0.1, 0.15) is 11.7 Å². The van der Waals surface area contributed by atoms with Crippen LogP contribution < -0.4 is 0 Å². The zero-order chi connectivity index (χ0) is 24.6. The monoisotopic (exact) mass is 519 g/mol. The number of amidine groups is 2. The molecule has 0 spiro atoms. The van der Waals surface area contributed by atoms with Gasteiger partial charge in [0.25, 0.3) is 0 Å². The van der Waals surface area contributed by atoms with Gasteiger partial charge in [-0.2, -0.15) is 0 Å². The minimum Gasteiger partial charge on any atom is -0.283 e. The summed E-state index contributed by atoms with van der Waals surface area (Å²) in [5.74, 6) is 1.81. The molecule has 180 valence electrons. The number of fused-ring (bicyclic) bond motifs is 1. The molecular formula is C30H38BrN3. The van der Waals surface area contributed by atoms with Crippen molar-refractivity contribution in [2.24, 2.45) is 27.2 Å². The number of rotatable bonds is 10. The Balaban J connectivity index is 1.66. The van der Waals surface area contributed by atoms with Gasteiger partial charge in [-0.25, -0.2) is 9.98 Å². The van der Waals surface area contributed by atoms with Crippen LogP contribution in [-0.4, -0.2) is 17.4 Å². The fourth-order valence-corrected chi connectivity index (χ4v) is 5.04. The molecule has 1 fully saturated rings. The maximum Gasteiger partial charge on any atom is 0.149 e. The minimum absolute atomic E-state index is 0.0884. The topological polar surface area (TPSA) is 48.6 Å². The third kappa shape index (κ3) is 6.85. The van der Waals surface area contributed by atoms with E-state index in [1.165, 1.54) is 12.0 Å². The maximum atomic E-state index is 8.63. The molecule has 0 aromatic carbocycles. The van der Waals surface area contributed by atoms with Crippen LogP contribution in [0.4, 0.5) is 0 Å². The molecular weight excluding hydrogens is 482 g/mol. The number of allylic oxidation sites excluding steroid dienone is 11. The van der Waals surface area contributed by atoms with E-state index in [0.29, 0.717) is 11.8 Å². The van der Waals surface area contributed by atoms with Crippen LogP contribution in [0.2, 0.25) is 0 Å². The average molecular weight is 521 g/mol. The molecule has 2 unspecified atom stereocenters. The van der Waals surface area contributed by atoms with Crippen LogP contribution in [0, 0.1) is 22.7 Å². The Labute approximate surface area is 214 Å². The van der Waals surface area contributed by atoms with Gasteiger partial charge >= 0.3 is 0 Å². The van der Waals surface area contributed by atoms with Crippen molar-refractivity contribution in [2.45, 2.75) is 65.7 Å². The first kappa shape index (κ1) is 26.3. The molecule has 4 heteroatoms. The van der Waals surface area contributed by atoms with E-state index in [4.69, 9.17) is 15.4 Å². The van der Waals surface area contributed by atoms with Gasteiger partial charge in [-0.05, 0) is 77.2 Å². The SMILES string of the molecule is C=C(CCCC(C)=NC(=NC(=N)/C(=C/C)CC/C=C/C)C1C=CC(Br)=CC1)C12C=CC=C[C@H]1C2. The van der Waals surface area contributed by atoms with Crippen molar-refractivity contribution in [3.8, 4) is 0 Å². The van der Waals surface area contributed by atoms with Crippen molar-refractivity contribution in [1.29, 1.82) is 5.41 Å². The maximum absolute atomic E-state index is 8.63. The van der Waals surface area contributed by atoms with E-state index in [0.717, 1.165) is 60.1 Å². The molecule has 0 heterocycles. The fourth-order valence-electron chi connectivity index (χ4n) is 4.70. The number of hydrogen-bond donors (Lipinski definition) is 1. The van der Waals surface area contributed by atoms with E-state index >= 15 is 0 Å². The number of halogens is 1. The number of nitrogens with one attached hydrogen (secondary N) is 1. The number of nitrogens with zero attached hydrogens (tertiary/aromatic N) is 2. The summed E-state index contributed by atoms with van der Waals surface area (Å²) >= 11 is 3.55. The summed E-state index contributed by atoms with van der Waals surface area (Å²) in [5.41, 5.74) is 3.61. The molecule has 1 saturated carbocycles. The van der Waals surface area contributed by atoms with Crippen molar-refractivity contribution >= 4 is 33.3 Å². The molecule has 3 aliphatic carbocycles. The normalized spacial score (nSPS) is 26.6. The highest BCUT2D eigenvalue weighted by atomic mass is 79.9. The van der Waals surface area contributed by atoms with Crippen LogP contribution in [-0.2, 0) is 0 Å². The molecule has 0 aromatic rings. The standard InChI is InChI=1S/C30H38BrN3/c1-5-7-8-14-24(6-2)28(32)34-29(25-16-18-27(31)19-17-25)33-23(4)13-11-12-22(3)30-20-10-9-15-26(30)21-30/h5-7,9-10,15-16,18-20,25-26,32H,3,8,11-14,17,21H2,1-2,4H3/b7-5+,24-6+,32-28?,33-23?,34-29?/t25?,26-,30?/m0/s1. The third-order valence-electron chi connectivity index (χ3n) is 6.97. The summed E-state index contributed by atoms with van der Waals surface area (Å²) in [7, 11) is 0. The molecule has 0 aliphatic heterocycles. The van der Waals surface area contributed by atoms with Crippen molar-refractivity contribution in [3.63, 3.8) is 0 Å². The van der Waals surface area contributed by atoms with Crippen LogP contribution in [0.1, 0.15) is 65.7 Å². The highest BCUT2D eigenvalue weighted by molar-refractivity contribution is 9.11. The Kier molecular flexibility index (Phi) is 9.58. The van der Waals surface area contributed by atoms with Gasteiger partial charge in [0.2, 0.25) is 0 Å². The molecule has 3 rings (SSSR count). The second-order valence-electron chi connectivity index (χ2n) is 9.43. The lowest BCUT2D eigenvalue weighted by Gasteiger charge is -2.18. The summed E-state index contributed by atoms with van der Waals surface area (Å²) in [4.78, 5) is 9.69. The second kappa shape index (κ2) is 12.4. The van der Waals surface area contributed by atoms with Crippen molar-refractivity contribution in [1.82, 2.24) is 0 Å². The minimum atomic E-state index is 0.0884. The van der Waals surface area contributed by atoms with Gasteiger partial charge in [0.15, 0.2) is 0 Å². The first-order valence-electron chi connectivity index (χ1n) is 12.5. The molecule has 3 nitrogen and oxygen atoms in total. The van der Waals surface area contributed by atoms with E-state index in [1.54, 1.807) is 0 Å². The molecule has 0 bridgehead atoms. The van der Waals surface area contributed by atoms with E-state index in [1.807, 2.05) is 19.9 Å². The Hall–Kier alpha value is -2.33. The molecule has 1 N–H and O–H groups in total. The summed E-state index contributed by atoms with van der Waals surface area (Å²) < 4.78 is 1.09. The summed E-state index contributed by atoms with van der Waals surface area (Å²) in [5, 5.41) is 8.63. The van der Waals surface area contributed by atoms with Gasteiger partial charge in [-0.3, -0.25) is 5.41 Å². The van der Waals surface area contributed by atoms with Crippen LogP contribution in [0.25, 0.3) is 0 Å². The molecule has 3 aliphatic rings. The lowest BCUT2D eigenvalue weighted by molar-refractivity contribution is 0.663. The number of hydrogen-bond acceptors (Lipinski definition) is 1. The van der Waals surface area contributed by atoms with E-state index < -0.39 is 0 Å². The predicted molar refractivity (Wildman–Crippen MR) is 152 cm³/mol. The van der Waals surface area contributed by atoms with Gasteiger partial charge in [0, 0.05) is 21.5 Å². The van der Waals surface area contributed by atoms with Crippen molar-refractivity contribution in [2.75, 3.05) is 0 Å². The summed E-state index contributed by atoms with van der Waals surface area (Å²) in [6.07, 6.45) is 28.3. The van der Waals surface area contributed by atoms with Crippen molar-refractivity contribution in [3.05, 3.63) is 83.0 Å². The molecule has 3 atom stereocenters. The largest absolute Gasteiger partial charge is 0.283 e. The van der Waals surface area contributed by atoms with Gasteiger partial charge in [-0.15, -0.1) is 0 Å². The number of aliphatic imine (C=N–C) groups is 2. The average Bonchev–Trinajstić information content (AvgIpc) is 3.58. The Morgan fingerprint density at radius 3 is 2.71 bits per heavy atom. The van der Waals surface area contributed by atoms with Crippen LogP contribution in [0.3, 0.4) is 0 Å². The van der Waals surface area contributed by atoms with Gasteiger partial charge in [-0.1, -0.05) is 88.8 Å². The summed E-state index contributed by atoms with van der Waals surface area (Å²) in [6, 6.07) is 0. The van der Waals surface area contributed by atoms with Crippen LogP contribution in [0.15, 0.2) is 93.0 Å². The van der Waals surface area contributed by atoms with E-state index in [-0.39, 0.29) is 11.3 Å². The Morgan fingerprint density at radius 2 is 2.03 bits per heavy atom. The second-order valence-corrected chi connectivity index (χ2v) is 10.3. The lowest BCUT2D eigenvalue weighted by atomic mass is 9.88. The molecule has 0 amide bonds. The smallest absolute Gasteiger partial charge is 0.149 e. The highest BCUT2D eigenvalue weighted by Gasteiger charge is 2.52. The fraction of sp³-hybridized carbons (Fsp3) is 0.433. The zero-order valence-corrected chi connectivity index (χ0v) is 22.4. The van der Waals surface area contributed by atoms with E-state index in [2.05, 4.69) is 84.1 Å². The molecule has 0 saturated heterocycles. The predicted octanol–water partition coefficient (Wildman–Crippen LogP) is 8.84. The third-order valence-corrected chi connectivity index (χ3v) is 7.56. The molecule has 34 heavy (non-hydrogen) atoms. The van der Waals surface area contributed by atoms with Gasteiger partial charge < -0.3 is 0 Å². The molecule has 0 radical (unpaired) electrons.